The number of para-hydroxylation sites is 1. The zero-order chi connectivity index (χ0) is 16.2. The summed E-state index contributed by atoms with van der Waals surface area (Å²) in [5, 5.41) is 0. The van der Waals surface area contributed by atoms with Crippen LogP contribution >= 0.6 is 0 Å². The lowest BCUT2D eigenvalue weighted by molar-refractivity contribution is 0.477. The van der Waals surface area contributed by atoms with Crippen LogP contribution in [-0.2, 0) is 6.42 Å². The van der Waals surface area contributed by atoms with Crippen molar-refractivity contribution in [3.05, 3.63) is 72.3 Å². The minimum Gasteiger partial charge on any atom is -0.457 e. The van der Waals surface area contributed by atoms with Crippen molar-refractivity contribution in [2.75, 3.05) is 11.5 Å². The molecule has 0 fully saturated rings. The first-order chi connectivity index (χ1) is 11.2. The van der Waals surface area contributed by atoms with Crippen molar-refractivity contribution in [1.29, 1.82) is 0 Å². The van der Waals surface area contributed by atoms with Gasteiger partial charge in [-0.2, -0.15) is 0 Å². The fourth-order valence-corrected chi connectivity index (χ4v) is 2.55. The van der Waals surface area contributed by atoms with E-state index in [0.29, 0.717) is 0 Å². The second kappa shape index (κ2) is 6.44. The third-order valence-electron chi connectivity index (χ3n) is 3.82. The molecule has 0 unspecified atom stereocenters. The summed E-state index contributed by atoms with van der Waals surface area (Å²) in [7, 11) is 0. The number of aryl methyl sites for hydroxylation is 1. The third-order valence-corrected chi connectivity index (χ3v) is 3.82. The molecule has 0 spiro atoms. The van der Waals surface area contributed by atoms with Crippen LogP contribution in [0.5, 0.6) is 11.5 Å². The molecular formula is C20H20N2O. The Bertz CT molecular complexity index is 810. The highest BCUT2D eigenvalue weighted by Gasteiger charge is 2.08. The molecule has 0 saturated heterocycles. The first-order valence-corrected chi connectivity index (χ1v) is 7.68. The van der Waals surface area contributed by atoms with Crippen LogP contribution in [0.2, 0.25) is 0 Å². The van der Waals surface area contributed by atoms with Gasteiger partial charge in [0, 0.05) is 16.9 Å². The molecule has 3 nitrogen and oxygen atoms in total. The number of nitrogens with two attached hydrogens (primary N) is 2. The highest BCUT2D eigenvalue weighted by Crippen LogP contribution is 2.32. The van der Waals surface area contributed by atoms with Gasteiger partial charge < -0.3 is 16.2 Å². The molecule has 23 heavy (non-hydrogen) atoms. The minimum absolute atomic E-state index is 0.725. The van der Waals surface area contributed by atoms with E-state index < -0.39 is 0 Å². The Morgan fingerprint density at radius 2 is 1.61 bits per heavy atom. The normalized spacial score (nSPS) is 10.5. The second-order valence-corrected chi connectivity index (χ2v) is 5.43. The molecule has 3 rings (SSSR count). The molecule has 0 bridgehead atoms. The van der Waals surface area contributed by atoms with Gasteiger partial charge in [0.05, 0.1) is 0 Å². The molecular weight excluding hydrogens is 284 g/mol. The number of anilines is 2. The number of rotatable bonds is 4. The van der Waals surface area contributed by atoms with Gasteiger partial charge in [-0.1, -0.05) is 31.2 Å². The van der Waals surface area contributed by atoms with Gasteiger partial charge in [0.25, 0.3) is 0 Å². The first-order valence-electron chi connectivity index (χ1n) is 7.68. The van der Waals surface area contributed by atoms with E-state index in [1.54, 1.807) is 0 Å². The van der Waals surface area contributed by atoms with Gasteiger partial charge in [-0.25, -0.2) is 0 Å². The average molecular weight is 304 g/mol. The van der Waals surface area contributed by atoms with Crippen molar-refractivity contribution < 1.29 is 4.74 Å². The Balaban J connectivity index is 1.94. The number of hydrogen-bond acceptors (Lipinski definition) is 3. The van der Waals surface area contributed by atoms with E-state index in [-0.39, 0.29) is 0 Å². The fourth-order valence-electron chi connectivity index (χ4n) is 2.55. The van der Waals surface area contributed by atoms with E-state index in [9.17, 15) is 0 Å². The van der Waals surface area contributed by atoms with Crippen molar-refractivity contribution in [2.45, 2.75) is 13.3 Å². The minimum atomic E-state index is 0.725. The topological polar surface area (TPSA) is 61.3 Å². The fraction of sp³-hybridized carbons (Fsp3) is 0.100. The highest BCUT2D eigenvalue weighted by molar-refractivity contribution is 5.77. The summed E-state index contributed by atoms with van der Waals surface area (Å²) in [6.07, 6.45) is 0.880. The molecule has 0 aromatic heterocycles. The molecule has 0 aliphatic carbocycles. The van der Waals surface area contributed by atoms with Crippen molar-refractivity contribution in [3.63, 3.8) is 0 Å². The maximum Gasteiger partial charge on any atom is 0.130 e. The van der Waals surface area contributed by atoms with Gasteiger partial charge in [0.1, 0.15) is 11.5 Å². The molecule has 3 aromatic rings. The Morgan fingerprint density at radius 3 is 2.30 bits per heavy atom. The Morgan fingerprint density at radius 1 is 0.870 bits per heavy atom. The zero-order valence-corrected chi connectivity index (χ0v) is 13.1. The molecule has 0 aliphatic heterocycles. The molecule has 0 aliphatic rings. The summed E-state index contributed by atoms with van der Waals surface area (Å²) in [5.74, 6) is 1.64. The Hall–Kier alpha value is -2.94. The van der Waals surface area contributed by atoms with Crippen LogP contribution in [0.3, 0.4) is 0 Å². The SMILES string of the molecule is CCc1cc(-c2ccccc2N)ccc1Oc1ccc(N)cc1. The van der Waals surface area contributed by atoms with E-state index in [1.165, 1.54) is 0 Å². The van der Waals surface area contributed by atoms with Crippen LogP contribution in [0, 0.1) is 0 Å². The lowest BCUT2D eigenvalue weighted by atomic mass is 10.00. The van der Waals surface area contributed by atoms with Crippen LogP contribution in [-0.4, -0.2) is 0 Å². The molecule has 0 amide bonds. The third kappa shape index (κ3) is 3.29. The molecule has 4 N–H and O–H groups in total. The quantitative estimate of drug-likeness (QED) is 0.676. The number of ether oxygens (including phenoxy) is 1. The molecule has 0 radical (unpaired) electrons. The van der Waals surface area contributed by atoms with Crippen molar-refractivity contribution >= 4 is 11.4 Å². The van der Waals surface area contributed by atoms with Crippen LogP contribution in [0.15, 0.2) is 66.7 Å². The number of benzene rings is 3. The summed E-state index contributed by atoms with van der Waals surface area (Å²) in [6.45, 7) is 2.11. The lowest BCUT2D eigenvalue weighted by Crippen LogP contribution is -1.94. The first kappa shape index (κ1) is 15.0. The van der Waals surface area contributed by atoms with Gasteiger partial charge in [0.2, 0.25) is 0 Å². The summed E-state index contributed by atoms with van der Waals surface area (Å²) < 4.78 is 5.99. The van der Waals surface area contributed by atoms with Crippen LogP contribution in [0.1, 0.15) is 12.5 Å². The standard InChI is InChI=1S/C20H20N2O/c1-2-14-13-15(18-5-3-4-6-19(18)22)7-12-20(14)23-17-10-8-16(21)9-11-17/h3-13H,2,21-22H2,1H3. The van der Waals surface area contributed by atoms with Crippen LogP contribution in [0.25, 0.3) is 11.1 Å². The van der Waals surface area contributed by atoms with Crippen LogP contribution < -0.4 is 16.2 Å². The van der Waals surface area contributed by atoms with Crippen molar-refractivity contribution in [1.82, 2.24) is 0 Å². The number of hydrogen-bond donors (Lipinski definition) is 2. The van der Waals surface area contributed by atoms with Crippen molar-refractivity contribution in [3.8, 4) is 22.6 Å². The predicted octanol–water partition coefficient (Wildman–Crippen LogP) is 4.87. The summed E-state index contributed by atoms with van der Waals surface area (Å²) >= 11 is 0. The highest BCUT2D eigenvalue weighted by atomic mass is 16.5. The van der Waals surface area contributed by atoms with Gasteiger partial charge in [0.15, 0.2) is 0 Å². The largest absolute Gasteiger partial charge is 0.457 e. The van der Waals surface area contributed by atoms with E-state index in [2.05, 4.69) is 13.0 Å². The average Bonchev–Trinajstić information content (AvgIpc) is 2.58. The lowest BCUT2D eigenvalue weighted by Gasteiger charge is -2.13. The predicted molar refractivity (Wildman–Crippen MR) is 96.6 cm³/mol. The summed E-state index contributed by atoms with van der Waals surface area (Å²) in [5.41, 5.74) is 16.6. The summed E-state index contributed by atoms with van der Waals surface area (Å²) in [4.78, 5) is 0. The summed E-state index contributed by atoms with van der Waals surface area (Å²) in [6, 6.07) is 21.5. The molecule has 0 heterocycles. The molecule has 0 saturated carbocycles. The van der Waals surface area contributed by atoms with Gasteiger partial charge in [-0.3, -0.25) is 0 Å². The molecule has 3 aromatic carbocycles. The van der Waals surface area contributed by atoms with Crippen LogP contribution in [0.4, 0.5) is 11.4 Å². The molecule has 116 valence electrons. The molecule has 3 heteroatoms. The van der Waals surface area contributed by atoms with E-state index in [0.717, 1.165) is 46.0 Å². The zero-order valence-electron chi connectivity index (χ0n) is 13.1. The van der Waals surface area contributed by atoms with Gasteiger partial charge in [-0.05, 0) is 60.0 Å². The van der Waals surface area contributed by atoms with Crippen molar-refractivity contribution in [2.24, 2.45) is 0 Å². The maximum absolute atomic E-state index is 6.08. The monoisotopic (exact) mass is 304 g/mol. The van der Waals surface area contributed by atoms with Gasteiger partial charge >= 0.3 is 0 Å². The van der Waals surface area contributed by atoms with E-state index in [1.807, 2.05) is 60.7 Å². The number of nitrogen functional groups attached to an aromatic ring is 2. The van der Waals surface area contributed by atoms with E-state index >= 15 is 0 Å². The maximum atomic E-state index is 6.08. The molecule has 0 atom stereocenters. The Labute approximate surface area is 136 Å². The van der Waals surface area contributed by atoms with Gasteiger partial charge in [-0.15, -0.1) is 0 Å². The second-order valence-electron chi connectivity index (χ2n) is 5.43. The van der Waals surface area contributed by atoms with E-state index in [4.69, 9.17) is 16.2 Å². The smallest absolute Gasteiger partial charge is 0.130 e. The Kier molecular flexibility index (Phi) is 4.20.